The molecular weight excluding hydrogens is 391 g/mol. The maximum atomic E-state index is 13.4. The first kappa shape index (κ1) is 16.4. The Labute approximate surface area is 142 Å². The molecule has 2 heterocycles. The van der Waals surface area contributed by atoms with E-state index in [0.29, 0.717) is 5.56 Å². The van der Waals surface area contributed by atoms with Crippen LogP contribution in [-0.2, 0) is 10.9 Å². The number of benzene rings is 1. The van der Waals surface area contributed by atoms with Crippen LogP contribution in [0.1, 0.15) is 16.1 Å². The Hall–Kier alpha value is -2.42. The molecule has 3 rings (SSSR count). The Morgan fingerprint density at radius 2 is 1.92 bits per heavy atom. The molecule has 0 aliphatic carbocycles. The van der Waals surface area contributed by atoms with Crippen LogP contribution in [0, 0.1) is 0 Å². The first-order chi connectivity index (χ1) is 11.3. The van der Waals surface area contributed by atoms with E-state index in [-0.39, 0.29) is 16.0 Å². The fraction of sp³-hybridized carbons (Fsp3) is 0.133. The number of methoxy groups -OCH3 is 1. The minimum absolute atomic E-state index is 0.00682. The van der Waals surface area contributed by atoms with Crippen molar-refractivity contribution in [3.8, 4) is 11.3 Å². The Bertz CT molecular complexity index is 923. The lowest BCUT2D eigenvalue weighted by molar-refractivity contribution is -0.136. The van der Waals surface area contributed by atoms with Gasteiger partial charge in [-0.25, -0.2) is 14.3 Å². The van der Waals surface area contributed by atoms with Crippen LogP contribution in [0.25, 0.3) is 16.9 Å². The zero-order valence-corrected chi connectivity index (χ0v) is 13.7. The summed E-state index contributed by atoms with van der Waals surface area (Å²) < 4.78 is 45.7. The van der Waals surface area contributed by atoms with Gasteiger partial charge in [-0.3, -0.25) is 0 Å². The fourth-order valence-electron chi connectivity index (χ4n) is 2.18. The summed E-state index contributed by atoms with van der Waals surface area (Å²) in [5.74, 6) is -0.859. The number of aromatic nitrogens is 3. The van der Waals surface area contributed by atoms with Crippen LogP contribution in [-0.4, -0.2) is 27.7 Å². The molecule has 0 radical (unpaired) electrons. The highest BCUT2D eigenvalue weighted by Crippen LogP contribution is 2.35. The van der Waals surface area contributed by atoms with E-state index in [1.54, 1.807) is 30.3 Å². The number of alkyl halides is 3. The Balaban J connectivity index is 2.35. The van der Waals surface area contributed by atoms with Crippen LogP contribution in [0.5, 0.6) is 0 Å². The van der Waals surface area contributed by atoms with Crippen LogP contribution < -0.4 is 0 Å². The van der Waals surface area contributed by atoms with E-state index in [2.05, 4.69) is 30.7 Å². The van der Waals surface area contributed by atoms with Gasteiger partial charge in [0.05, 0.1) is 12.8 Å². The van der Waals surface area contributed by atoms with Gasteiger partial charge in [0.25, 0.3) is 0 Å². The third-order valence-corrected chi connectivity index (χ3v) is 3.99. The number of carbonyl (C=O) groups is 1. The Morgan fingerprint density at radius 1 is 1.25 bits per heavy atom. The van der Waals surface area contributed by atoms with E-state index in [1.807, 2.05) is 0 Å². The first-order valence-corrected chi connectivity index (χ1v) is 7.42. The van der Waals surface area contributed by atoms with Crippen molar-refractivity contribution in [1.29, 1.82) is 0 Å². The van der Waals surface area contributed by atoms with Crippen LogP contribution in [0.15, 0.2) is 41.0 Å². The van der Waals surface area contributed by atoms with Crippen LogP contribution >= 0.6 is 15.9 Å². The van der Waals surface area contributed by atoms with E-state index in [1.165, 1.54) is 0 Å². The molecule has 0 aliphatic rings. The molecule has 0 bridgehead atoms. The van der Waals surface area contributed by atoms with Crippen LogP contribution in [0.4, 0.5) is 13.2 Å². The van der Waals surface area contributed by atoms with Gasteiger partial charge in [0.1, 0.15) is 10.2 Å². The lowest BCUT2D eigenvalue weighted by atomic mass is 10.1. The molecule has 0 unspecified atom stereocenters. The first-order valence-electron chi connectivity index (χ1n) is 6.63. The summed E-state index contributed by atoms with van der Waals surface area (Å²) in [6, 6.07) is 9.32. The number of carbonyl (C=O) groups excluding carboxylic acids is 1. The normalized spacial score (nSPS) is 11.7. The van der Waals surface area contributed by atoms with Gasteiger partial charge in [-0.2, -0.15) is 18.3 Å². The Morgan fingerprint density at radius 3 is 2.50 bits per heavy atom. The summed E-state index contributed by atoms with van der Waals surface area (Å²) in [5, 5.41) is 4.16. The number of hydrogen-bond acceptors (Lipinski definition) is 4. The Kier molecular flexibility index (Phi) is 4.04. The second-order valence-electron chi connectivity index (χ2n) is 4.79. The molecule has 0 amide bonds. The number of imidazole rings is 1. The maximum absolute atomic E-state index is 13.4. The number of nitrogens with zero attached hydrogens (tertiary/aromatic N) is 3. The van der Waals surface area contributed by atoms with E-state index >= 15 is 0 Å². The smallest absolute Gasteiger partial charge is 0.420 e. The van der Waals surface area contributed by atoms with Crippen molar-refractivity contribution in [3.63, 3.8) is 0 Å². The topological polar surface area (TPSA) is 56.5 Å². The largest absolute Gasteiger partial charge is 0.464 e. The summed E-state index contributed by atoms with van der Waals surface area (Å²) in [7, 11) is 1.12. The van der Waals surface area contributed by atoms with Crippen molar-refractivity contribution in [2.45, 2.75) is 6.18 Å². The van der Waals surface area contributed by atoms with Crippen molar-refractivity contribution in [1.82, 2.24) is 14.6 Å². The number of hydrogen-bond donors (Lipinski definition) is 0. The molecule has 24 heavy (non-hydrogen) atoms. The molecule has 3 aromatic rings. The summed E-state index contributed by atoms with van der Waals surface area (Å²) in [6.45, 7) is 0. The highest BCUT2D eigenvalue weighted by atomic mass is 79.9. The standard InChI is InChI=1S/C15H9BrF3N3O2/c1-24-14(23)11-12(16)22-13(20-11)9(15(17,18)19)7-10(21-22)8-5-3-2-4-6-8/h2-7H,1H3. The third-order valence-electron chi connectivity index (χ3n) is 3.28. The van der Waals surface area contributed by atoms with E-state index < -0.39 is 23.4 Å². The number of esters is 1. The van der Waals surface area contributed by atoms with E-state index in [9.17, 15) is 18.0 Å². The summed E-state index contributed by atoms with van der Waals surface area (Å²) in [5.41, 5.74) is -1.14. The van der Waals surface area contributed by atoms with Crippen molar-refractivity contribution < 1.29 is 22.7 Å². The molecule has 0 fully saturated rings. The second-order valence-corrected chi connectivity index (χ2v) is 5.54. The minimum Gasteiger partial charge on any atom is -0.464 e. The summed E-state index contributed by atoms with van der Waals surface area (Å²) in [6.07, 6.45) is -4.66. The molecule has 124 valence electrons. The summed E-state index contributed by atoms with van der Waals surface area (Å²) >= 11 is 3.07. The molecule has 0 atom stereocenters. The lowest BCUT2D eigenvalue weighted by Crippen LogP contribution is -2.10. The SMILES string of the molecule is COC(=O)c1nc2c(C(F)(F)F)cc(-c3ccccc3)nn2c1Br. The molecule has 9 heteroatoms. The van der Waals surface area contributed by atoms with Crippen molar-refractivity contribution in [3.05, 3.63) is 52.3 Å². The molecular formula is C15H9BrF3N3O2. The molecule has 0 saturated heterocycles. The fourth-order valence-corrected chi connectivity index (χ4v) is 2.68. The number of ether oxygens (including phenoxy) is 1. The highest BCUT2D eigenvalue weighted by molar-refractivity contribution is 9.10. The highest BCUT2D eigenvalue weighted by Gasteiger charge is 2.36. The molecule has 5 nitrogen and oxygen atoms in total. The van der Waals surface area contributed by atoms with Gasteiger partial charge in [-0.15, -0.1) is 0 Å². The van der Waals surface area contributed by atoms with Crippen molar-refractivity contribution in [2.24, 2.45) is 0 Å². The predicted molar refractivity (Wildman–Crippen MR) is 82.5 cm³/mol. The molecule has 0 aliphatic heterocycles. The average molecular weight is 400 g/mol. The van der Waals surface area contributed by atoms with Crippen molar-refractivity contribution in [2.75, 3.05) is 7.11 Å². The molecule has 0 N–H and O–H groups in total. The lowest BCUT2D eigenvalue weighted by Gasteiger charge is -2.10. The van der Waals surface area contributed by atoms with Crippen molar-refractivity contribution >= 4 is 27.5 Å². The average Bonchev–Trinajstić information content (AvgIpc) is 2.90. The van der Waals surface area contributed by atoms with E-state index in [0.717, 1.165) is 17.7 Å². The number of rotatable bonds is 2. The van der Waals surface area contributed by atoms with Crippen LogP contribution in [0.3, 0.4) is 0 Å². The van der Waals surface area contributed by atoms with Crippen LogP contribution in [0.2, 0.25) is 0 Å². The molecule has 1 aromatic carbocycles. The van der Waals surface area contributed by atoms with Gasteiger partial charge < -0.3 is 4.74 Å². The number of fused-ring (bicyclic) bond motifs is 1. The molecule has 0 saturated carbocycles. The zero-order chi connectivity index (χ0) is 17.5. The minimum atomic E-state index is -4.66. The van der Waals surface area contributed by atoms with E-state index in [4.69, 9.17) is 0 Å². The summed E-state index contributed by atoms with van der Waals surface area (Å²) in [4.78, 5) is 15.4. The zero-order valence-electron chi connectivity index (χ0n) is 12.1. The quantitative estimate of drug-likeness (QED) is 0.612. The van der Waals surface area contributed by atoms with Gasteiger partial charge >= 0.3 is 12.1 Å². The predicted octanol–water partition coefficient (Wildman–Crippen LogP) is 3.96. The molecule has 0 spiro atoms. The second kappa shape index (κ2) is 5.90. The van der Waals surface area contributed by atoms with Gasteiger partial charge in [0, 0.05) is 5.56 Å². The monoisotopic (exact) mass is 399 g/mol. The van der Waals surface area contributed by atoms with Gasteiger partial charge in [0.2, 0.25) is 0 Å². The molecule has 2 aromatic heterocycles. The van der Waals surface area contributed by atoms with Gasteiger partial charge in [-0.05, 0) is 22.0 Å². The maximum Gasteiger partial charge on any atom is 0.420 e. The number of halogens is 4. The van der Waals surface area contributed by atoms with Gasteiger partial charge in [0.15, 0.2) is 11.3 Å². The van der Waals surface area contributed by atoms with Gasteiger partial charge in [-0.1, -0.05) is 30.3 Å². The third kappa shape index (κ3) is 2.75.